The van der Waals surface area contributed by atoms with E-state index in [0.29, 0.717) is 11.3 Å². The van der Waals surface area contributed by atoms with E-state index in [9.17, 15) is 9.59 Å². The predicted octanol–water partition coefficient (Wildman–Crippen LogP) is 2.42. The number of alkyl carbamates (subject to hydrolysis) is 1. The van der Waals surface area contributed by atoms with E-state index in [1.807, 2.05) is 6.07 Å². The number of Topliss-reactive ketones (excluding diaryl/α,β-unsaturated/α-hetero) is 1. The summed E-state index contributed by atoms with van der Waals surface area (Å²) in [5.41, 5.74) is -0.0858. The number of methoxy groups -OCH3 is 1. The highest BCUT2D eigenvalue weighted by atomic mass is 16.6. The number of rotatable bonds is 4. The Kier molecular flexibility index (Phi) is 5.26. The van der Waals surface area contributed by atoms with Crippen molar-refractivity contribution in [2.45, 2.75) is 32.4 Å². The highest BCUT2D eigenvalue weighted by Crippen LogP contribution is 2.28. The normalized spacial score (nSPS) is 18.6. The van der Waals surface area contributed by atoms with Crippen LogP contribution in [-0.4, -0.2) is 43.8 Å². The molecule has 6 nitrogen and oxygen atoms in total. The van der Waals surface area contributed by atoms with Crippen molar-refractivity contribution in [3.05, 3.63) is 29.8 Å². The van der Waals surface area contributed by atoms with E-state index in [4.69, 9.17) is 14.2 Å². The topological polar surface area (TPSA) is 73.9 Å². The quantitative estimate of drug-likeness (QED) is 0.922. The van der Waals surface area contributed by atoms with Gasteiger partial charge in [-0.3, -0.25) is 4.79 Å². The largest absolute Gasteiger partial charge is 0.492 e. The zero-order chi connectivity index (χ0) is 17.0. The van der Waals surface area contributed by atoms with Crippen molar-refractivity contribution in [3.8, 4) is 5.75 Å². The lowest BCUT2D eigenvalue weighted by molar-refractivity contribution is 0.0391. The molecule has 1 aliphatic rings. The van der Waals surface area contributed by atoms with Gasteiger partial charge in [0.1, 0.15) is 18.0 Å². The maximum atomic E-state index is 12.7. The molecule has 2 unspecified atom stereocenters. The fraction of sp³-hybridized carbons (Fsp3) is 0.529. The number of carbonyl (C=O) groups is 2. The van der Waals surface area contributed by atoms with Crippen molar-refractivity contribution in [2.24, 2.45) is 5.92 Å². The third-order valence-electron chi connectivity index (χ3n) is 3.44. The number of benzene rings is 1. The molecule has 0 aliphatic carbocycles. The van der Waals surface area contributed by atoms with Crippen molar-refractivity contribution in [3.63, 3.8) is 0 Å². The molecular weight excluding hydrogens is 298 g/mol. The van der Waals surface area contributed by atoms with Gasteiger partial charge in [0.05, 0.1) is 24.1 Å². The molecule has 126 valence electrons. The average molecular weight is 321 g/mol. The second-order valence-electron chi connectivity index (χ2n) is 6.49. The van der Waals surface area contributed by atoms with Crippen LogP contribution in [0.3, 0.4) is 0 Å². The van der Waals surface area contributed by atoms with Gasteiger partial charge in [0.25, 0.3) is 0 Å². The Morgan fingerprint density at radius 2 is 2.09 bits per heavy atom. The van der Waals surface area contributed by atoms with Gasteiger partial charge in [-0.25, -0.2) is 4.79 Å². The molecule has 23 heavy (non-hydrogen) atoms. The molecular formula is C17H23NO5. The number of nitrogens with one attached hydrogen (secondary N) is 1. The summed E-state index contributed by atoms with van der Waals surface area (Å²) in [6.45, 7) is 5.73. The standard InChI is InChI=1S/C17H23NO5/c1-17(2,3)23-16(20)18-13(10-21-4)12-9-22-14-8-6-5-7-11(14)15(12)19/h5-8,12-13H,9-10H2,1-4H3,(H,18,20). The molecule has 0 spiro atoms. The number of ether oxygens (including phenoxy) is 3. The summed E-state index contributed by atoms with van der Waals surface area (Å²) in [7, 11) is 1.52. The third kappa shape index (κ3) is 4.45. The minimum absolute atomic E-state index is 0.0649. The molecule has 0 fully saturated rings. The molecule has 2 atom stereocenters. The number of ketones is 1. The molecule has 0 radical (unpaired) electrons. The minimum Gasteiger partial charge on any atom is -0.492 e. The Bertz CT molecular complexity index is 579. The Hall–Kier alpha value is -2.08. The molecule has 0 aromatic heterocycles. The molecule has 1 N–H and O–H groups in total. The molecule has 1 amide bonds. The van der Waals surface area contributed by atoms with Crippen molar-refractivity contribution in [1.82, 2.24) is 5.32 Å². The van der Waals surface area contributed by atoms with E-state index in [1.54, 1.807) is 39.0 Å². The lowest BCUT2D eigenvalue weighted by atomic mass is 9.89. The van der Waals surface area contributed by atoms with E-state index in [-0.39, 0.29) is 19.0 Å². The third-order valence-corrected chi connectivity index (χ3v) is 3.44. The lowest BCUT2D eigenvalue weighted by Crippen LogP contribution is -2.50. The molecule has 1 aromatic rings. The molecule has 0 bridgehead atoms. The number of hydrogen-bond acceptors (Lipinski definition) is 5. The predicted molar refractivity (Wildman–Crippen MR) is 84.8 cm³/mol. The molecule has 1 aromatic carbocycles. The first kappa shape index (κ1) is 17.3. The van der Waals surface area contributed by atoms with E-state index >= 15 is 0 Å². The second kappa shape index (κ2) is 7.00. The van der Waals surface area contributed by atoms with E-state index in [1.165, 1.54) is 7.11 Å². The lowest BCUT2D eigenvalue weighted by Gasteiger charge is -2.31. The van der Waals surface area contributed by atoms with E-state index in [2.05, 4.69) is 5.32 Å². The van der Waals surface area contributed by atoms with Crippen molar-refractivity contribution in [2.75, 3.05) is 20.3 Å². The van der Waals surface area contributed by atoms with Crippen LogP contribution in [-0.2, 0) is 9.47 Å². The van der Waals surface area contributed by atoms with Gasteiger partial charge < -0.3 is 19.5 Å². The zero-order valence-electron chi connectivity index (χ0n) is 13.9. The summed E-state index contributed by atoms with van der Waals surface area (Å²) < 4.78 is 16.0. The first-order valence-corrected chi connectivity index (χ1v) is 7.56. The van der Waals surface area contributed by atoms with Gasteiger partial charge in [-0.2, -0.15) is 0 Å². The van der Waals surface area contributed by atoms with Crippen LogP contribution in [0.1, 0.15) is 31.1 Å². The highest BCUT2D eigenvalue weighted by Gasteiger charge is 2.36. The van der Waals surface area contributed by atoms with Crippen molar-refractivity contribution >= 4 is 11.9 Å². The smallest absolute Gasteiger partial charge is 0.407 e. The first-order valence-electron chi connectivity index (χ1n) is 7.56. The maximum Gasteiger partial charge on any atom is 0.407 e. The summed E-state index contributed by atoms with van der Waals surface area (Å²) in [6.07, 6.45) is -0.578. The van der Waals surface area contributed by atoms with Crippen molar-refractivity contribution < 1.29 is 23.8 Å². The molecule has 6 heteroatoms. The molecule has 1 heterocycles. The number of para-hydroxylation sites is 1. The van der Waals surface area contributed by atoms with Gasteiger partial charge in [0, 0.05) is 7.11 Å². The average Bonchev–Trinajstić information content (AvgIpc) is 2.45. The van der Waals surface area contributed by atoms with Crippen LogP contribution >= 0.6 is 0 Å². The zero-order valence-corrected chi connectivity index (χ0v) is 13.9. The van der Waals surface area contributed by atoms with Gasteiger partial charge in [-0.15, -0.1) is 0 Å². The summed E-state index contributed by atoms with van der Waals surface area (Å²) in [5.74, 6) is -0.00971. The van der Waals surface area contributed by atoms with Gasteiger partial charge in [0.2, 0.25) is 0 Å². The van der Waals surface area contributed by atoms with Crippen LogP contribution in [0.5, 0.6) is 5.75 Å². The summed E-state index contributed by atoms with van der Waals surface area (Å²) in [6, 6.07) is 6.57. The van der Waals surface area contributed by atoms with Crippen LogP contribution in [0.15, 0.2) is 24.3 Å². The maximum absolute atomic E-state index is 12.7. The van der Waals surface area contributed by atoms with Crippen LogP contribution in [0.4, 0.5) is 4.79 Å². The Balaban J connectivity index is 2.12. The number of amides is 1. The Morgan fingerprint density at radius 3 is 2.74 bits per heavy atom. The first-order chi connectivity index (χ1) is 10.8. The van der Waals surface area contributed by atoms with Crippen LogP contribution in [0, 0.1) is 5.92 Å². The molecule has 0 saturated heterocycles. The van der Waals surface area contributed by atoms with Gasteiger partial charge >= 0.3 is 6.09 Å². The van der Waals surface area contributed by atoms with Crippen molar-refractivity contribution in [1.29, 1.82) is 0 Å². The molecule has 0 saturated carbocycles. The number of fused-ring (bicyclic) bond motifs is 1. The Labute approximate surface area is 136 Å². The minimum atomic E-state index is -0.610. The number of carbonyl (C=O) groups excluding carboxylic acids is 2. The molecule has 2 rings (SSSR count). The monoisotopic (exact) mass is 321 g/mol. The Morgan fingerprint density at radius 1 is 1.39 bits per heavy atom. The van der Waals surface area contributed by atoms with Crippen LogP contribution < -0.4 is 10.1 Å². The van der Waals surface area contributed by atoms with Crippen LogP contribution in [0.2, 0.25) is 0 Å². The summed E-state index contributed by atoms with van der Waals surface area (Å²) >= 11 is 0. The van der Waals surface area contributed by atoms with Gasteiger partial charge in [0.15, 0.2) is 5.78 Å². The van der Waals surface area contributed by atoms with E-state index < -0.39 is 23.7 Å². The number of hydrogen-bond donors (Lipinski definition) is 1. The SMILES string of the molecule is COCC(NC(=O)OC(C)(C)C)C1COc2ccccc2C1=O. The fourth-order valence-electron chi connectivity index (χ4n) is 2.45. The van der Waals surface area contributed by atoms with E-state index in [0.717, 1.165) is 0 Å². The van der Waals surface area contributed by atoms with Gasteiger partial charge in [-0.05, 0) is 32.9 Å². The molecule has 1 aliphatic heterocycles. The second-order valence-corrected chi connectivity index (χ2v) is 6.49. The summed E-state index contributed by atoms with van der Waals surface area (Å²) in [5, 5.41) is 2.72. The highest BCUT2D eigenvalue weighted by molar-refractivity contribution is 6.01. The summed E-state index contributed by atoms with van der Waals surface area (Å²) in [4.78, 5) is 24.7. The van der Waals surface area contributed by atoms with Crippen LogP contribution in [0.25, 0.3) is 0 Å². The fourth-order valence-corrected chi connectivity index (χ4v) is 2.45. The van der Waals surface area contributed by atoms with Gasteiger partial charge in [-0.1, -0.05) is 12.1 Å².